The minimum absolute atomic E-state index is 0.241. The number of esters is 2. The molecule has 0 fully saturated rings. The van der Waals surface area contributed by atoms with E-state index >= 15 is 0 Å². The van der Waals surface area contributed by atoms with Crippen molar-refractivity contribution in [2.75, 3.05) is 26.4 Å². The smallest absolute Gasteiger partial charge is 0.343 e. The highest BCUT2D eigenvalue weighted by molar-refractivity contribution is 5.93. The fraction of sp³-hybridized carbons (Fsp3) is 0.292. The molecule has 58 heavy (non-hydrogen) atoms. The van der Waals surface area contributed by atoms with E-state index in [1.54, 1.807) is 79.2 Å². The lowest BCUT2D eigenvalue weighted by molar-refractivity contribution is 0.0552. The molecule has 0 aliphatic rings. The average molecular weight is 785 g/mol. The van der Waals surface area contributed by atoms with Gasteiger partial charge in [-0.25, -0.2) is 9.59 Å². The Morgan fingerprint density at radius 2 is 0.914 bits per heavy atom. The van der Waals surface area contributed by atoms with Gasteiger partial charge in [0.1, 0.15) is 23.0 Å². The molecule has 2 atom stereocenters. The van der Waals surface area contributed by atoms with Gasteiger partial charge in [-0.15, -0.1) is 0 Å². The van der Waals surface area contributed by atoms with Crippen LogP contribution in [-0.4, -0.2) is 63.0 Å². The Balaban J connectivity index is 1.04. The summed E-state index contributed by atoms with van der Waals surface area (Å²) in [6, 6.07) is 35.3. The lowest BCUT2D eigenvalue weighted by atomic mass is 10.1. The summed E-state index contributed by atoms with van der Waals surface area (Å²) in [5, 5.41) is 0. The van der Waals surface area contributed by atoms with Gasteiger partial charge in [0.05, 0.1) is 61.1 Å². The highest BCUT2D eigenvalue weighted by atomic mass is 16.5. The van der Waals surface area contributed by atoms with E-state index in [1.807, 2.05) is 48.5 Å². The van der Waals surface area contributed by atoms with Gasteiger partial charge in [-0.3, -0.25) is 9.98 Å². The normalized spacial score (nSPS) is 12.3. The van der Waals surface area contributed by atoms with Gasteiger partial charge >= 0.3 is 11.9 Å². The first-order valence-electron chi connectivity index (χ1n) is 19.8. The molecule has 0 aromatic heterocycles. The van der Waals surface area contributed by atoms with Crippen molar-refractivity contribution in [1.29, 1.82) is 0 Å². The third-order valence-electron chi connectivity index (χ3n) is 8.99. The Labute approximate surface area is 341 Å². The maximum absolute atomic E-state index is 12.9. The number of carbonyl (C=O) groups is 2. The van der Waals surface area contributed by atoms with Crippen LogP contribution in [0.5, 0.6) is 23.0 Å². The first-order chi connectivity index (χ1) is 28.3. The summed E-state index contributed by atoms with van der Waals surface area (Å²) < 4.78 is 34.1. The number of aliphatic imine (C=N–C) groups is 2. The predicted molar refractivity (Wildman–Crippen MR) is 228 cm³/mol. The molecule has 0 radical (unpaired) electrons. The molecule has 302 valence electrons. The van der Waals surface area contributed by atoms with E-state index in [1.165, 1.54) is 6.07 Å². The summed E-state index contributed by atoms with van der Waals surface area (Å²) in [6.07, 6.45) is 7.63. The van der Waals surface area contributed by atoms with Crippen LogP contribution >= 0.6 is 0 Å². The lowest BCUT2D eigenvalue weighted by Crippen LogP contribution is -2.10. The zero-order valence-electron chi connectivity index (χ0n) is 33.7. The van der Waals surface area contributed by atoms with Crippen LogP contribution in [0.2, 0.25) is 0 Å². The number of hydrogen-bond acceptors (Lipinski definition) is 10. The molecule has 0 saturated carbocycles. The van der Waals surface area contributed by atoms with E-state index in [4.69, 9.17) is 28.4 Å². The van der Waals surface area contributed by atoms with Crippen LogP contribution in [-0.2, 0) is 9.47 Å². The van der Waals surface area contributed by atoms with Crippen molar-refractivity contribution in [3.63, 3.8) is 0 Å². The van der Waals surface area contributed by atoms with Crippen molar-refractivity contribution in [3.8, 4) is 23.0 Å². The van der Waals surface area contributed by atoms with Gasteiger partial charge in [-0.2, -0.15) is 0 Å². The third kappa shape index (κ3) is 14.8. The molecular formula is C48H52N2O8. The summed E-state index contributed by atoms with van der Waals surface area (Å²) in [5.74, 6) is 0.946. The van der Waals surface area contributed by atoms with Crippen LogP contribution in [0, 0.1) is 0 Å². The number of hydrogen-bond donors (Lipinski definition) is 0. The lowest BCUT2D eigenvalue weighted by Gasteiger charge is -2.11. The zero-order chi connectivity index (χ0) is 41.0. The Bertz CT molecular complexity index is 1920. The van der Waals surface area contributed by atoms with Crippen LogP contribution in [0.4, 0.5) is 11.4 Å². The van der Waals surface area contributed by atoms with Crippen LogP contribution in [0.3, 0.4) is 0 Å². The van der Waals surface area contributed by atoms with E-state index in [2.05, 4.69) is 37.7 Å². The summed E-state index contributed by atoms with van der Waals surface area (Å²) in [6.45, 7) is 10.9. The summed E-state index contributed by atoms with van der Waals surface area (Å²) in [4.78, 5) is 34.9. The van der Waals surface area contributed by atoms with Gasteiger partial charge in [-0.05, 0) is 123 Å². The minimum atomic E-state index is -0.547. The van der Waals surface area contributed by atoms with E-state index in [-0.39, 0.29) is 23.7 Å². The number of benzene rings is 5. The Kier molecular flexibility index (Phi) is 17.2. The molecule has 0 spiro atoms. The van der Waals surface area contributed by atoms with Crippen LogP contribution in [0.25, 0.3) is 0 Å². The van der Waals surface area contributed by atoms with E-state index in [9.17, 15) is 9.59 Å². The molecule has 5 rings (SSSR count). The van der Waals surface area contributed by atoms with Gasteiger partial charge in [0.15, 0.2) is 0 Å². The van der Waals surface area contributed by atoms with Crippen LogP contribution in [0.1, 0.15) is 85.2 Å². The molecule has 5 aromatic carbocycles. The number of ether oxygens (including phenoxy) is 6. The van der Waals surface area contributed by atoms with Crippen molar-refractivity contribution in [2.24, 2.45) is 9.98 Å². The highest BCUT2D eigenvalue weighted by Gasteiger charge is 2.12. The molecule has 5 aromatic rings. The summed E-state index contributed by atoms with van der Waals surface area (Å²) in [7, 11) is 0. The Morgan fingerprint density at radius 1 is 0.517 bits per heavy atom. The van der Waals surface area contributed by atoms with Crippen LogP contribution < -0.4 is 18.9 Å². The topological polar surface area (TPSA) is 114 Å². The van der Waals surface area contributed by atoms with Gasteiger partial charge in [0, 0.05) is 31.3 Å². The standard InChI is InChI=1S/C48H52N2O8/c1-5-35(3)53-28-8-30-55-43-24-20-41(21-25-43)49-33-37-12-16-39(17-13-37)47(51)57-45-10-7-11-46(32-45)58-48(52)40-18-14-38(15-19-40)34-50-42-22-26-44(27-23-42)56-31-9-29-54-36(4)6-2/h7,10-27,32-36H,5-6,8-9,28-31H2,1-4H3/t35-,36-/m0/s1. The monoisotopic (exact) mass is 784 g/mol. The highest BCUT2D eigenvalue weighted by Crippen LogP contribution is 2.23. The summed E-state index contributed by atoms with van der Waals surface area (Å²) >= 11 is 0. The third-order valence-corrected chi connectivity index (χ3v) is 8.99. The SMILES string of the molecule is CC[C@H](C)OCCCOc1ccc(N=Cc2ccc(C(=O)Oc3cccc(OC(=O)c4ccc(C=Nc5ccc(OCCCO[C@@H](C)CC)cc5)cc4)c3)cc2)cc1. The average Bonchev–Trinajstić information content (AvgIpc) is 3.25. The van der Waals surface area contributed by atoms with Gasteiger partial charge < -0.3 is 28.4 Å². The number of rotatable bonds is 22. The second kappa shape index (κ2) is 23.2. The Morgan fingerprint density at radius 3 is 1.29 bits per heavy atom. The fourth-order valence-electron chi connectivity index (χ4n) is 5.20. The van der Waals surface area contributed by atoms with E-state index in [0.29, 0.717) is 37.6 Å². The first-order valence-corrected chi connectivity index (χ1v) is 19.8. The summed E-state index contributed by atoms with van der Waals surface area (Å²) in [5.41, 5.74) is 3.91. The van der Waals surface area contributed by atoms with Crippen molar-refractivity contribution in [3.05, 3.63) is 144 Å². The first kappa shape index (κ1) is 43.0. The van der Waals surface area contributed by atoms with Gasteiger partial charge in [0.25, 0.3) is 0 Å². The Hall–Kier alpha value is -6.10. The molecule has 0 amide bonds. The predicted octanol–water partition coefficient (Wildman–Crippen LogP) is 10.8. The van der Waals surface area contributed by atoms with Crippen LogP contribution in [0.15, 0.2) is 131 Å². The van der Waals surface area contributed by atoms with Gasteiger partial charge in [-0.1, -0.05) is 44.2 Å². The molecular weight excluding hydrogens is 733 g/mol. The maximum atomic E-state index is 12.9. The van der Waals surface area contributed by atoms with Crippen molar-refractivity contribution < 1.29 is 38.0 Å². The molecule has 0 aliphatic carbocycles. The fourth-order valence-corrected chi connectivity index (χ4v) is 5.20. The van der Waals surface area contributed by atoms with E-state index in [0.717, 1.165) is 59.7 Å². The molecule has 0 unspecified atom stereocenters. The molecule has 0 saturated heterocycles. The second-order valence-corrected chi connectivity index (χ2v) is 13.6. The number of carbonyl (C=O) groups excluding carboxylic acids is 2. The number of nitrogens with zero attached hydrogens (tertiary/aromatic N) is 2. The minimum Gasteiger partial charge on any atom is -0.494 e. The van der Waals surface area contributed by atoms with Crippen molar-refractivity contribution >= 4 is 35.7 Å². The molecule has 10 heteroatoms. The van der Waals surface area contributed by atoms with E-state index < -0.39 is 11.9 Å². The molecule has 0 aliphatic heterocycles. The van der Waals surface area contributed by atoms with Crippen molar-refractivity contribution in [1.82, 2.24) is 0 Å². The second-order valence-electron chi connectivity index (χ2n) is 13.6. The van der Waals surface area contributed by atoms with Gasteiger partial charge in [0.2, 0.25) is 0 Å². The molecule has 0 heterocycles. The molecule has 0 N–H and O–H groups in total. The largest absolute Gasteiger partial charge is 0.494 e. The quantitative estimate of drug-likeness (QED) is 0.0295. The van der Waals surface area contributed by atoms with Crippen molar-refractivity contribution in [2.45, 2.75) is 65.6 Å². The zero-order valence-corrected chi connectivity index (χ0v) is 33.7. The maximum Gasteiger partial charge on any atom is 0.343 e. The molecule has 10 nitrogen and oxygen atoms in total. The molecule has 0 bridgehead atoms.